The van der Waals surface area contributed by atoms with Crippen LogP contribution in [0.2, 0.25) is 0 Å². The lowest BCUT2D eigenvalue weighted by Crippen LogP contribution is -2.49. The van der Waals surface area contributed by atoms with Gasteiger partial charge in [0.1, 0.15) is 0 Å². The third kappa shape index (κ3) is 3.18. The number of hydrogen-bond acceptors (Lipinski definition) is 4. The first-order valence-corrected chi connectivity index (χ1v) is 8.69. The molecule has 4 nitrogen and oxygen atoms in total. The summed E-state index contributed by atoms with van der Waals surface area (Å²) in [6.45, 7) is 3.69. The zero-order valence-corrected chi connectivity index (χ0v) is 13.9. The van der Waals surface area contributed by atoms with Crippen LogP contribution in [0.4, 0.5) is 0 Å². The Labute approximate surface area is 138 Å². The summed E-state index contributed by atoms with van der Waals surface area (Å²) >= 11 is 0. The molecule has 1 atom stereocenters. The molecule has 3 rings (SSSR count). The Morgan fingerprint density at radius 3 is 2.57 bits per heavy atom. The number of carbonyl (C=O) groups is 1. The lowest BCUT2D eigenvalue weighted by molar-refractivity contribution is -0.147. The van der Waals surface area contributed by atoms with Crippen molar-refractivity contribution in [2.24, 2.45) is 10.9 Å². The summed E-state index contributed by atoms with van der Waals surface area (Å²) in [5.41, 5.74) is -0.629. The third-order valence-corrected chi connectivity index (χ3v) is 5.34. The molecule has 1 aromatic carbocycles. The standard InChI is InChI=1S/C19H26N2O2/c1-15-20-12-13-21(15)14-18(22)19(23,16-8-4-2-5-9-16)17-10-6-3-7-11-17/h2,4-5,8-9,17,23H,3,6-7,10-14H2,1H3. The molecule has 0 amide bonds. The molecule has 0 aromatic heterocycles. The van der Waals surface area contributed by atoms with Crippen molar-refractivity contribution in [1.29, 1.82) is 0 Å². The van der Waals surface area contributed by atoms with Gasteiger partial charge in [0.25, 0.3) is 0 Å². The molecular formula is C19H26N2O2. The van der Waals surface area contributed by atoms with Crippen molar-refractivity contribution in [3.63, 3.8) is 0 Å². The van der Waals surface area contributed by atoms with Gasteiger partial charge < -0.3 is 10.0 Å². The molecule has 1 fully saturated rings. The monoisotopic (exact) mass is 314 g/mol. The van der Waals surface area contributed by atoms with Gasteiger partial charge in [-0.2, -0.15) is 0 Å². The molecule has 1 heterocycles. The number of aliphatic imine (C=N–C) groups is 1. The second-order valence-corrected chi connectivity index (χ2v) is 6.74. The number of hydrogen-bond donors (Lipinski definition) is 1. The minimum atomic E-state index is -1.37. The Bertz CT molecular complexity index is 578. The number of nitrogens with zero attached hydrogens (tertiary/aromatic N) is 2. The number of Topliss-reactive ketones (excluding diaryl/α,β-unsaturated/α-hetero) is 1. The summed E-state index contributed by atoms with van der Waals surface area (Å²) in [7, 11) is 0. The topological polar surface area (TPSA) is 52.9 Å². The highest BCUT2D eigenvalue weighted by Gasteiger charge is 2.45. The number of amidine groups is 1. The fraction of sp³-hybridized carbons (Fsp3) is 0.579. The van der Waals surface area contributed by atoms with E-state index in [1.54, 1.807) is 0 Å². The molecule has 0 bridgehead atoms. The van der Waals surface area contributed by atoms with Gasteiger partial charge in [-0.25, -0.2) is 0 Å². The molecule has 23 heavy (non-hydrogen) atoms. The van der Waals surface area contributed by atoms with Gasteiger partial charge in [0, 0.05) is 6.54 Å². The number of aliphatic hydroxyl groups is 1. The van der Waals surface area contributed by atoms with Gasteiger partial charge in [0.15, 0.2) is 11.4 Å². The lowest BCUT2D eigenvalue weighted by Gasteiger charge is -2.38. The fourth-order valence-electron chi connectivity index (χ4n) is 3.92. The zero-order chi connectivity index (χ0) is 16.3. The Hall–Kier alpha value is -1.68. The zero-order valence-electron chi connectivity index (χ0n) is 13.9. The SMILES string of the molecule is CC1=NCCN1CC(=O)C(O)(c1ccccc1)C1CCCCC1. The van der Waals surface area contributed by atoms with Crippen LogP contribution in [0.25, 0.3) is 0 Å². The first kappa shape index (κ1) is 16.2. The van der Waals surface area contributed by atoms with E-state index in [0.717, 1.165) is 50.2 Å². The minimum absolute atomic E-state index is 0.0194. The van der Waals surface area contributed by atoms with Crippen molar-refractivity contribution in [2.45, 2.75) is 44.6 Å². The van der Waals surface area contributed by atoms with Crippen LogP contribution in [-0.2, 0) is 10.4 Å². The van der Waals surface area contributed by atoms with Gasteiger partial charge in [0.2, 0.25) is 0 Å². The number of benzene rings is 1. The van der Waals surface area contributed by atoms with Crippen molar-refractivity contribution in [2.75, 3.05) is 19.6 Å². The predicted molar refractivity (Wildman–Crippen MR) is 91.5 cm³/mol. The van der Waals surface area contributed by atoms with Crippen LogP contribution in [0.3, 0.4) is 0 Å². The second-order valence-electron chi connectivity index (χ2n) is 6.74. The third-order valence-electron chi connectivity index (χ3n) is 5.34. The molecule has 1 aromatic rings. The Kier molecular flexibility index (Phi) is 4.81. The van der Waals surface area contributed by atoms with E-state index < -0.39 is 5.60 Å². The van der Waals surface area contributed by atoms with Crippen molar-refractivity contribution in [1.82, 2.24) is 4.90 Å². The highest BCUT2D eigenvalue weighted by Crippen LogP contribution is 2.40. The second kappa shape index (κ2) is 6.83. The largest absolute Gasteiger partial charge is 0.377 e. The fourth-order valence-corrected chi connectivity index (χ4v) is 3.92. The van der Waals surface area contributed by atoms with Gasteiger partial charge in [-0.15, -0.1) is 0 Å². The molecular weight excluding hydrogens is 288 g/mol. The molecule has 2 aliphatic rings. The maximum absolute atomic E-state index is 13.1. The lowest BCUT2D eigenvalue weighted by atomic mass is 9.71. The van der Waals surface area contributed by atoms with Gasteiger partial charge in [-0.3, -0.25) is 9.79 Å². The van der Waals surface area contributed by atoms with E-state index in [1.807, 2.05) is 42.2 Å². The van der Waals surface area contributed by atoms with E-state index in [4.69, 9.17) is 0 Å². The highest BCUT2D eigenvalue weighted by atomic mass is 16.3. The van der Waals surface area contributed by atoms with E-state index in [1.165, 1.54) is 6.42 Å². The summed E-state index contributed by atoms with van der Waals surface area (Å²) in [6.07, 6.45) is 5.23. The van der Waals surface area contributed by atoms with Crippen LogP contribution in [0, 0.1) is 5.92 Å². The summed E-state index contributed by atoms with van der Waals surface area (Å²) < 4.78 is 0. The number of rotatable bonds is 5. The molecule has 0 radical (unpaired) electrons. The normalized spacial score (nSPS) is 21.8. The first-order chi connectivity index (χ1) is 11.1. The Morgan fingerprint density at radius 1 is 1.26 bits per heavy atom. The molecule has 1 unspecified atom stereocenters. The van der Waals surface area contributed by atoms with E-state index in [-0.39, 0.29) is 18.2 Å². The molecule has 0 saturated heterocycles. The first-order valence-electron chi connectivity index (χ1n) is 8.69. The molecule has 1 aliphatic carbocycles. The van der Waals surface area contributed by atoms with Gasteiger partial charge >= 0.3 is 0 Å². The summed E-state index contributed by atoms with van der Waals surface area (Å²) in [5, 5.41) is 11.5. The van der Waals surface area contributed by atoms with Crippen LogP contribution in [0.15, 0.2) is 35.3 Å². The summed E-state index contributed by atoms with van der Waals surface area (Å²) in [4.78, 5) is 19.5. The van der Waals surface area contributed by atoms with Crippen molar-refractivity contribution in [3.8, 4) is 0 Å². The summed E-state index contributed by atoms with van der Waals surface area (Å²) in [5.74, 6) is 0.829. The summed E-state index contributed by atoms with van der Waals surface area (Å²) in [6, 6.07) is 9.50. The highest BCUT2D eigenvalue weighted by molar-refractivity contribution is 5.94. The smallest absolute Gasteiger partial charge is 0.188 e. The average Bonchev–Trinajstić information content (AvgIpc) is 3.00. The number of carbonyl (C=O) groups excluding carboxylic acids is 1. The number of ketones is 1. The average molecular weight is 314 g/mol. The Morgan fingerprint density at radius 2 is 1.96 bits per heavy atom. The van der Waals surface area contributed by atoms with Crippen LogP contribution in [-0.4, -0.2) is 41.3 Å². The molecule has 124 valence electrons. The Balaban J connectivity index is 1.88. The molecule has 0 spiro atoms. The molecule has 1 N–H and O–H groups in total. The van der Waals surface area contributed by atoms with Crippen molar-refractivity contribution < 1.29 is 9.90 Å². The van der Waals surface area contributed by atoms with E-state index in [2.05, 4.69) is 4.99 Å². The van der Waals surface area contributed by atoms with Crippen LogP contribution >= 0.6 is 0 Å². The van der Waals surface area contributed by atoms with E-state index in [9.17, 15) is 9.90 Å². The van der Waals surface area contributed by atoms with E-state index >= 15 is 0 Å². The quantitative estimate of drug-likeness (QED) is 0.909. The van der Waals surface area contributed by atoms with Gasteiger partial charge in [0.05, 0.1) is 18.9 Å². The van der Waals surface area contributed by atoms with Crippen molar-refractivity contribution >= 4 is 11.6 Å². The predicted octanol–water partition coefficient (Wildman–Crippen LogP) is 2.76. The van der Waals surface area contributed by atoms with Gasteiger partial charge in [-0.05, 0) is 31.2 Å². The van der Waals surface area contributed by atoms with Crippen molar-refractivity contribution in [3.05, 3.63) is 35.9 Å². The molecule has 1 saturated carbocycles. The van der Waals surface area contributed by atoms with Crippen LogP contribution in [0.5, 0.6) is 0 Å². The van der Waals surface area contributed by atoms with Gasteiger partial charge in [-0.1, -0.05) is 49.6 Å². The maximum atomic E-state index is 13.1. The molecule has 1 aliphatic heterocycles. The maximum Gasteiger partial charge on any atom is 0.188 e. The van der Waals surface area contributed by atoms with E-state index in [0.29, 0.717) is 0 Å². The van der Waals surface area contributed by atoms with Crippen LogP contribution in [0.1, 0.15) is 44.6 Å². The minimum Gasteiger partial charge on any atom is -0.377 e. The van der Waals surface area contributed by atoms with Crippen LogP contribution < -0.4 is 0 Å². The molecule has 4 heteroatoms.